The van der Waals surface area contributed by atoms with Crippen molar-refractivity contribution in [3.8, 4) is 0 Å². The number of ketones is 1. The van der Waals surface area contributed by atoms with Crippen molar-refractivity contribution in [3.63, 3.8) is 0 Å². The number of anilines is 1. The van der Waals surface area contributed by atoms with Crippen LogP contribution >= 0.6 is 0 Å². The number of Topliss-reactive ketones (excluding diaryl/α,β-unsaturated/α-hetero) is 1. The number of carbonyl (C=O) groups excluding carboxylic acids is 3. The molecule has 210 valence electrons. The summed E-state index contributed by atoms with van der Waals surface area (Å²) in [5.74, 6) is -0.209. The van der Waals surface area contributed by atoms with Gasteiger partial charge in [0.25, 0.3) is 5.91 Å². The molecule has 0 saturated carbocycles. The van der Waals surface area contributed by atoms with Crippen molar-refractivity contribution in [2.45, 2.75) is 39.2 Å². The third-order valence-corrected chi connectivity index (χ3v) is 8.06. The van der Waals surface area contributed by atoms with Crippen molar-refractivity contribution in [3.05, 3.63) is 134 Å². The number of benzene rings is 4. The van der Waals surface area contributed by atoms with Gasteiger partial charge < -0.3 is 15.4 Å². The topological polar surface area (TPSA) is 84.5 Å². The second kappa shape index (κ2) is 11.5. The molecule has 2 aliphatic carbocycles. The van der Waals surface area contributed by atoms with E-state index in [1.165, 1.54) is 0 Å². The molecule has 0 saturated heterocycles. The molecule has 6 nitrogen and oxygen atoms in total. The van der Waals surface area contributed by atoms with Gasteiger partial charge in [0.05, 0.1) is 12.6 Å². The summed E-state index contributed by atoms with van der Waals surface area (Å²) in [6.07, 6.45) is 3.92. The van der Waals surface area contributed by atoms with Crippen LogP contribution in [0.1, 0.15) is 63.2 Å². The lowest BCUT2D eigenvalue weighted by Crippen LogP contribution is -2.34. The molecule has 2 aliphatic rings. The van der Waals surface area contributed by atoms with Crippen LogP contribution in [0.25, 0.3) is 11.6 Å². The first kappa shape index (κ1) is 27.2. The van der Waals surface area contributed by atoms with Crippen LogP contribution in [-0.4, -0.2) is 24.4 Å². The predicted molar refractivity (Wildman–Crippen MR) is 163 cm³/mol. The van der Waals surface area contributed by atoms with Gasteiger partial charge in [0, 0.05) is 22.4 Å². The Bertz CT molecular complexity index is 1940. The van der Waals surface area contributed by atoms with E-state index in [4.69, 9.17) is 4.74 Å². The zero-order valence-corrected chi connectivity index (χ0v) is 23.7. The lowest BCUT2D eigenvalue weighted by Gasteiger charge is -2.25. The number of rotatable bonds is 6. The number of aryl methyl sites for hydroxylation is 1. The standard InChI is InChI=1S/C36H32N2O4/c1-3-42-36(41)38-32-21-24-10-5-7-12-27(24)30-20-19-28-29(33(30)32)13-8-14-31(28)34(39)23-15-17-25(18-16-23)37-35(40)26-11-6-4-9-22(26)2/h4-7,9-12,15-21,32H,3,8,13-14H2,1-2H3,(H,37,40)(H,38,41). The maximum atomic E-state index is 13.9. The molecule has 1 unspecified atom stereocenters. The van der Waals surface area contributed by atoms with Gasteiger partial charge in [-0.2, -0.15) is 0 Å². The Labute approximate surface area is 244 Å². The average Bonchev–Trinajstić information content (AvgIpc) is 3.00. The Morgan fingerprint density at radius 3 is 2.36 bits per heavy atom. The molecule has 0 bridgehead atoms. The predicted octanol–water partition coefficient (Wildman–Crippen LogP) is 5.49. The summed E-state index contributed by atoms with van der Waals surface area (Å²) < 4.78 is 5.22. The summed E-state index contributed by atoms with van der Waals surface area (Å²) in [6, 6.07) is 26.4. The molecule has 4 aromatic rings. The molecule has 0 fully saturated rings. The lowest BCUT2D eigenvalue weighted by atomic mass is 9.82. The molecule has 6 heteroatoms. The summed E-state index contributed by atoms with van der Waals surface area (Å²) in [5.41, 5.74) is 5.61. The van der Waals surface area contributed by atoms with Crippen molar-refractivity contribution < 1.29 is 19.1 Å². The highest BCUT2D eigenvalue weighted by molar-refractivity contribution is 6.24. The third kappa shape index (κ3) is 5.12. The largest absolute Gasteiger partial charge is 0.450 e. The SMILES string of the molecule is CCOC(=O)NC1C=c2ccccc2=c2ccc3c(c21)CCCC=3C(=O)c1ccc(NC(=O)c2ccccc2C)cc1. The first-order valence-electron chi connectivity index (χ1n) is 14.4. The van der Waals surface area contributed by atoms with E-state index >= 15 is 0 Å². The number of carbonyl (C=O) groups is 3. The molecule has 42 heavy (non-hydrogen) atoms. The van der Waals surface area contributed by atoms with Gasteiger partial charge in [-0.05, 0) is 107 Å². The van der Waals surface area contributed by atoms with Crippen molar-refractivity contribution in [2.75, 3.05) is 11.9 Å². The minimum absolute atomic E-state index is 0.0252. The summed E-state index contributed by atoms with van der Waals surface area (Å²) in [4.78, 5) is 39.1. The molecule has 1 atom stereocenters. The van der Waals surface area contributed by atoms with Crippen LogP contribution in [-0.2, 0) is 11.2 Å². The normalized spacial score (nSPS) is 14.9. The van der Waals surface area contributed by atoms with Gasteiger partial charge in [0.15, 0.2) is 5.78 Å². The van der Waals surface area contributed by atoms with Gasteiger partial charge in [-0.3, -0.25) is 9.59 Å². The van der Waals surface area contributed by atoms with Gasteiger partial charge in [-0.25, -0.2) is 4.79 Å². The fraction of sp³-hybridized carbons (Fsp3) is 0.194. The molecule has 0 radical (unpaired) electrons. The van der Waals surface area contributed by atoms with Crippen LogP contribution in [0.5, 0.6) is 0 Å². The number of fused-ring (bicyclic) bond motifs is 4. The second-order valence-corrected chi connectivity index (χ2v) is 10.7. The maximum absolute atomic E-state index is 13.9. The molecule has 0 heterocycles. The van der Waals surface area contributed by atoms with E-state index in [1.807, 2.05) is 43.3 Å². The highest BCUT2D eigenvalue weighted by Crippen LogP contribution is 2.28. The molecule has 0 aliphatic heterocycles. The Morgan fingerprint density at radius 2 is 1.57 bits per heavy atom. The van der Waals surface area contributed by atoms with Crippen LogP contribution in [0.4, 0.5) is 10.5 Å². The van der Waals surface area contributed by atoms with Crippen LogP contribution in [0, 0.1) is 17.4 Å². The van der Waals surface area contributed by atoms with Crippen molar-refractivity contribution in [1.82, 2.24) is 5.32 Å². The molecule has 0 spiro atoms. The summed E-state index contributed by atoms with van der Waals surface area (Å²) in [6.45, 7) is 3.97. The number of alkyl carbamates (subject to hydrolysis) is 1. The number of ether oxygens (including phenoxy) is 1. The first-order chi connectivity index (χ1) is 20.4. The van der Waals surface area contributed by atoms with E-state index < -0.39 is 6.09 Å². The Kier molecular flexibility index (Phi) is 7.44. The quantitative estimate of drug-likeness (QED) is 0.308. The fourth-order valence-electron chi connectivity index (χ4n) is 6.09. The monoisotopic (exact) mass is 556 g/mol. The van der Waals surface area contributed by atoms with Crippen LogP contribution < -0.4 is 21.1 Å². The zero-order chi connectivity index (χ0) is 29.2. The summed E-state index contributed by atoms with van der Waals surface area (Å²) in [5, 5.41) is 10.1. The number of amides is 2. The Balaban J connectivity index is 1.38. The highest BCUT2D eigenvalue weighted by Gasteiger charge is 2.25. The second-order valence-electron chi connectivity index (χ2n) is 10.7. The minimum Gasteiger partial charge on any atom is -0.450 e. The van der Waals surface area contributed by atoms with Crippen molar-refractivity contribution in [1.29, 1.82) is 0 Å². The molecular formula is C36H32N2O4. The van der Waals surface area contributed by atoms with E-state index in [0.29, 0.717) is 23.2 Å². The van der Waals surface area contributed by atoms with E-state index in [9.17, 15) is 14.4 Å². The summed E-state index contributed by atoms with van der Waals surface area (Å²) >= 11 is 0. The van der Waals surface area contributed by atoms with Crippen molar-refractivity contribution in [2.24, 2.45) is 0 Å². The van der Waals surface area contributed by atoms with E-state index in [2.05, 4.69) is 34.9 Å². The van der Waals surface area contributed by atoms with Crippen LogP contribution in [0.2, 0.25) is 0 Å². The van der Waals surface area contributed by atoms with E-state index in [-0.39, 0.29) is 24.3 Å². The number of hydrogen-bond acceptors (Lipinski definition) is 4. The van der Waals surface area contributed by atoms with Gasteiger partial charge in [0.1, 0.15) is 0 Å². The molecule has 2 amide bonds. The Hall–Kier alpha value is -4.97. The fourth-order valence-corrected chi connectivity index (χ4v) is 6.09. The van der Waals surface area contributed by atoms with Gasteiger partial charge in [0.2, 0.25) is 0 Å². The highest BCUT2D eigenvalue weighted by atomic mass is 16.5. The van der Waals surface area contributed by atoms with Crippen molar-refractivity contribution >= 4 is 35.1 Å². The van der Waals surface area contributed by atoms with Gasteiger partial charge >= 0.3 is 6.09 Å². The van der Waals surface area contributed by atoms with Gasteiger partial charge in [-0.1, -0.05) is 54.6 Å². The van der Waals surface area contributed by atoms with E-state index in [1.54, 1.807) is 37.3 Å². The zero-order valence-electron chi connectivity index (χ0n) is 23.7. The van der Waals surface area contributed by atoms with E-state index in [0.717, 1.165) is 56.0 Å². The molecule has 6 rings (SSSR count). The first-order valence-corrected chi connectivity index (χ1v) is 14.4. The lowest BCUT2D eigenvalue weighted by molar-refractivity contribution is 0.102. The van der Waals surface area contributed by atoms with Crippen LogP contribution in [0.15, 0.2) is 84.9 Å². The summed E-state index contributed by atoms with van der Waals surface area (Å²) in [7, 11) is 0. The van der Waals surface area contributed by atoms with Crippen LogP contribution in [0.3, 0.4) is 0 Å². The maximum Gasteiger partial charge on any atom is 0.407 e. The molecular weight excluding hydrogens is 524 g/mol. The Morgan fingerprint density at radius 1 is 0.833 bits per heavy atom. The molecule has 0 aromatic heterocycles. The third-order valence-electron chi connectivity index (χ3n) is 8.06. The molecule has 2 N–H and O–H groups in total. The smallest absolute Gasteiger partial charge is 0.407 e. The number of hydrogen-bond donors (Lipinski definition) is 2. The number of nitrogens with one attached hydrogen (secondary N) is 2. The minimum atomic E-state index is -0.465. The van der Waals surface area contributed by atoms with Gasteiger partial charge in [-0.15, -0.1) is 0 Å². The molecule has 4 aromatic carbocycles. The average molecular weight is 557 g/mol.